The molecule has 0 aliphatic heterocycles. The summed E-state index contributed by atoms with van der Waals surface area (Å²) in [7, 11) is 1.58. The summed E-state index contributed by atoms with van der Waals surface area (Å²) in [5.41, 5.74) is 3.31. The lowest BCUT2D eigenvalue weighted by Gasteiger charge is -2.27. The van der Waals surface area contributed by atoms with Crippen LogP contribution in [0.1, 0.15) is 48.7 Å². The van der Waals surface area contributed by atoms with Gasteiger partial charge in [-0.2, -0.15) is 0 Å². The molecule has 1 aromatic carbocycles. The van der Waals surface area contributed by atoms with Crippen LogP contribution in [0.4, 0.5) is 8.78 Å². The Labute approximate surface area is 188 Å². The fourth-order valence-electron chi connectivity index (χ4n) is 3.84. The van der Waals surface area contributed by atoms with Gasteiger partial charge in [-0.05, 0) is 59.5 Å². The van der Waals surface area contributed by atoms with E-state index >= 15 is 0 Å². The van der Waals surface area contributed by atoms with Crippen molar-refractivity contribution in [3.05, 3.63) is 58.2 Å². The van der Waals surface area contributed by atoms with E-state index in [0.29, 0.717) is 47.1 Å². The Hall–Kier alpha value is -2.48. The van der Waals surface area contributed by atoms with Crippen LogP contribution in [0.2, 0.25) is 0 Å². The quantitative estimate of drug-likeness (QED) is 0.431. The van der Waals surface area contributed by atoms with Crippen LogP contribution in [0.3, 0.4) is 0 Å². The third-order valence-electron chi connectivity index (χ3n) is 5.49. The van der Waals surface area contributed by atoms with E-state index in [1.807, 2.05) is 31.2 Å². The molecule has 0 radical (unpaired) electrons. The maximum atomic E-state index is 13.9. The number of aryl methyl sites for hydroxylation is 1. The van der Waals surface area contributed by atoms with E-state index in [1.54, 1.807) is 19.4 Å². The molecule has 0 saturated heterocycles. The van der Waals surface area contributed by atoms with Crippen LogP contribution in [-0.2, 0) is 6.61 Å². The highest BCUT2D eigenvalue weighted by Gasteiger charge is 2.38. The molecule has 5 nitrogen and oxygen atoms in total. The van der Waals surface area contributed by atoms with Crippen molar-refractivity contribution in [2.75, 3.05) is 7.11 Å². The second-order valence-electron chi connectivity index (χ2n) is 7.91. The molecule has 1 unspecified atom stereocenters. The molecule has 0 spiro atoms. The minimum atomic E-state index is -2.63. The van der Waals surface area contributed by atoms with Gasteiger partial charge in [0.1, 0.15) is 34.2 Å². The molecule has 1 aliphatic carbocycles. The van der Waals surface area contributed by atoms with E-state index in [1.165, 1.54) is 0 Å². The van der Waals surface area contributed by atoms with Gasteiger partial charge < -0.3 is 14.5 Å². The number of halogens is 3. The summed E-state index contributed by atoms with van der Waals surface area (Å²) in [6.07, 6.45) is 2.77. The van der Waals surface area contributed by atoms with Gasteiger partial charge in [0, 0.05) is 36.6 Å². The molecule has 0 bridgehead atoms. The normalized spacial score (nSPS) is 18.0. The molecule has 1 atom stereocenters. The molecule has 4 rings (SSSR count). The number of rotatable bonds is 6. The predicted molar refractivity (Wildman–Crippen MR) is 118 cm³/mol. The zero-order valence-electron chi connectivity index (χ0n) is 17.4. The molecule has 3 aromatic rings. The highest BCUT2D eigenvalue weighted by Crippen LogP contribution is 2.43. The Balaban J connectivity index is 1.54. The Morgan fingerprint density at radius 3 is 2.81 bits per heavy atom. The van der Waals surface area contributed by atoms with Crippen molar-refractivity contribution in [3.8, 4) is 22.8 Å². The molecule has 31 heavy (non-hydrogen) atoms. The van der Waals surface area contributed by atoms with Gasteiger partial charge in [0.25, 0.3) is 0 Å². The van der Waals surface area contributed by atoms with Crippen molar-refractivity contribution in [1.29, 1.82) is 0 Å². The number of hydrogen-bond donors (Lipinski definition) is 1. The zero-order valence-corrected chi connectivity index (χ0v) is 19.0. The van der Waals surface area contributed by atoms with Gasteiger partial charge in [0.15, 0.2) is 0 Å². The fourth-order valence-corrected chi connectivity index (χ4v) is 4.35. The van der Waals surface area contributed by atoms with E-state index in [-0.39, 0.29) is 18.8 Å². The summed E-state index contributed by atoms with van der Waals surface area (Å²) in [5, 5.41) is 0. The first-order valence-corrected chi connectivity index (χ1v) is 11.0. The average Bonchev–Trinajstić information content (AvgIpc) is 3.14. The van der Waals surface area contributed by atoms with Crippen molar-refractivity contribution >= 4 is 15.9 Å². The lowest BCUT2D eigenvalue weighted by Crippen LogP contribution is -2.25. The zero-order chi connectivity index (χ0) is 22.0. The van der Waals surface area contributed by atoms with E-state index in [9.17, 15) is 8.78 Å². The van der Waals surface area contributed by atoms with E-state index in [0.717, 1.165) is 16.8 Å². The number of H-pyrrole nitrogens is 1. The van der Waals surface area contributed by atoms with Crippen molar-refractivity contribution in [3.63, 3.8) is 0 Å². The lowest BCUT2D eigenvalue weighted by atomic mass is 9.86. The number of aromatic amines is 1. The van der Waals surface area contributed by atoms with Crippen LogP contribution in [0.5, 0.6) is 11.5 Å². The molecule has 164 valence electrons. The van der Waals surface area contributed by atoms with E-state index < -0.39 is 5.92 Å². The number of aromatic nitrogens is 3. The molecule has 1 aliphatic rings. The molecular formula is C23H24BrF2N3O2. The minimum Gasteiger partial charge on any atom is -0.496 e. The molecule has 8 heteroatoms. The number of nitrogens with one attached hydrogen (secondary N) is 1. The second kappa shape index (κ2) is 8.94. The number of nitrogens with zero attached hydrogens (tertiary/aromatic N) is 2. The van der Waals surface area contributed by atoms with Crippen molar-refractivity contribution in [2.45, 2.75) is 51.1 Å². The molecule has 1 N–H and O–H groups in total. The largest absolute Gasteiger partial charge is 0.496 e. The number of hydrogen-bond acceptors (Lipinski definition) is 4. The molecule has 1 fully saturated rings. The summed E-state index contributed by atoms with van der Waals surface area (Å²) >= 11 is 3.50. The van der Waals surface area contributed by atoms with Gasteiger partial charge in [-0.3, -0.25) is 4.98 Å². The van der Waals surface area contributed by atoms with Gasteiger partial charge in [-0.1, -0.05) is 6.07 Å². The highest BCUT2D eigenvalue weighted by molar-refractivity contribution is 9.10. The monoisotopic (exact) mass is 491 g/mol. The number of pyridine rings is 1. The summed E-state index contributed by atoms with van der Waals surface area (Å²) in [6.45, 7) is 2.33. The lowest BCUT2D eigenvalue weighted by molar-refractivity contribution is -0.0416. The first-order valence-electron chi connectivity index (χ1n) is 10.2. The van der Waals surface area contributed by atoms with Crippen molar-refractivity contribution in [2.24, 2.45) is 0 Å². The van der Waals surface area contributed by atoms with Crippen LogP contribution in [-0.4, -0.2) is 28.0 Å². The number of alkyl halides is 2. The average molecular weight is 492 g/mol. The number of benzene rings is 1. The standard InChI is InChI=1S/C23H24BrF2N3O2/c1-14-5-6-16(27-12-14)13-31-17-7-8-18(19(10-17)30-2)20-21(24)29-22(28-20)15-4-3-9-23(25,26)11-15/h5-8,10,12,15H,3-4,9,11,13H2,1-2H3,(H,28,29). The summed E-state index contributed by atoms with van der Waals surface area (Å²) in [5.74, 6) is -1.12. The topological polar surface area (TPSA) is 60.0 Å². The maximum absolute atomic E-state index is 13.9. The SMILES string of the molecule is COc1cc(OCc2ccc(C)cn2)ccc1-c1nc(C2CCCC(F)(F)C2)[nH]c1Br. The summed E-state index contributed by atoms with van der Waals surface area (Å²) in [6, 6.07) is 9.40. The summed E-state index contributed by atoms with van der Waals surface area (Å²) in [4.78, 5) is 12.1. The van der Waals surface area contributed by atoms with Crippen LogP contribution < -0.4 is 9.47 Å². The van der Waals surface area contributed by atoms with Crippen LogP contribution in [0, 0.1) is 6.92 Å². The number of methoxy groups -OCH3 is 1. The van der Waals surface area contributed by atoms with Gasteiger partial charge in [0.2, 0.25) is 5.92 Å². The molecule has 2 aromatic heterocycles. The van der Waals surface area contributed by atoms with Crippen LogP contribution in [0.25, 0.3) is 11.3 Å². The van der Waals surface area contributed by atoms with Crippen LogP contribution >= 0.6 is 15.9 Å². The molecular weight excluding hydrogens is 468 g/mol. The molecule has 0 amide bonds. The smallest absolute Gasteiger partial charge is 0.248 e. The molecule has 1 saturated carbocycles. The number of imidazole rings is 1. The third kappa shape index (κ3) is 5.06. The summed E-state index contributed by atoms with van der Waals surface area (Å²) < 4.78 is 39.8. The second-order valence-corrected chi connectivity index (χ2v) is 8.70. The highest BCUT2D eigenvalue weighted by atomic mass is 79.9. The number of ether oxygens (including phenoxy) is 2. The maximum Gasteiger partial charge on any atom is 0.248 e. The van der Waals surface area contributed by atoms with E-state index in [4.69, 9.17) is 9.47 Å². The molecule has 2 heterocycles. The van der Waals surface area contributed by atoms with E-state index in [2.05, 4.69) is 30.9 Å². The predicted octanol–water partition coefficient (Wildman–Crippen LogP) is 6.42. The van der Waals surface area contributed by atoms with Gasteiger partial charge in [0.05, 0.1) is 12.8 Å². The van der Waals surface area contributed by atoms with Crippen LogP contribution in [0.15, 0.2) is 41.1 Å². The minimum absolute atomic E-state index is 0.0500. The Kier molecular flexibility index (Phi) is 6.27. The van der Waals surface area contributed by atoms with Gasteiger partial charge in [-0.25, -0.2) is 13.8 Å². The fraction of sp³-hybridized carbons (Fsp3) is 0.391. The Morgan fingerprint density at radius 1 is 1.26 bits per heavy atom. The third-order valence-corrected chi connectivity index (χ3v) is 6.07. The van der Waals surface area contributed by atoms with Crippen molar-refractivity contribution in [1.82, 2.24) is 15.0 Å². The Morgan fingerprint density at radius 2 is 2.10 bits per heavy atom. The van der Waals surface area contributed by atoms with Crippen molar-refractivity contribution < 1.29 is 18.3 Å². The van der Waals surface area contributed by atoms with Gasteiger partial charge >= 0.3 is 0 Å². The van der Waals surface area contributed by atoms with Gasteiger partial charge in [-0.15, -0.1) is 0 Å². The first-order chi connectivity index (χ1) is 14.8. The Bertz CT molecular complexity index is 1050. The first kappa shape index (κ1) is 21.7.